The molecule has 0 aliphatic heterocycles. The van der Waals surface area contributed by atoms with Crippen molar-refractivity contribution in [3.63, 3.8) is 0 Å². The van der Waals surface area contributed by atoms with E-state index in [0.717, 1.165) is 18.5 Å². The Bertz CT molecular complexity index is 510. The molecule has 4 nitrogen and oxygen atoms in total. The Kier molecular flexibility index (Phi) is 5.97. The van der Waals surface area contributed by atoms with E-state index in [1.54, 1.807) is 12.1 Å². The molecule has 0 unspecified atom stereocenters. The summed E-state index contributed by atoms with van der Waals surface area (Å²) in [5, 5.41) is 3.24. The number of hydrogen-bond donors (Lipinski definition) is 2. The van der Waals surface area contributed by atoms with Crippen LogP contribution in [0.1, 0.15) is 38.8 Å². The van der Waals surface area contributed by atoms with E-state index in [4.69, 9.17) is 0 Å². The molecule has 2 N–H and O–H groups in total. The smallest absolute Gasteiger partial charge is 0.240 e. The summed E-state index contributed by atoms with van der Waals surface area (Å²) in [5.74, 6) is 0. The van der Waals surface area contributed by atoms with Gasteiger partial charge in [-0.15, -0.1) is 0 Å². The van der Waals surface area contributed by atoms with Gasteiger partial charge in [0.15, 0.2) is 0 Å². The fourth-order valence-corrected chi connectivity index (χ4v) is 3.22. The lowest BCUT2D eigenvalue weighted by atomic mass is 10.1. The Morgan fingerprint density at radius 3 is 2.37 bits per heavy atom. The van der Waals surface area contributed by atoms with Crippen molar-refractivity contribution in [1.82, 2.24) is 10.0 Å². The summed E-state index contributed by atoms with van der Waals surface area (Å²) in [7, 11) is -3.41. The molecule has 0 atom stereocenters. The average molecular weight is 284 g/mol. The highest BCUT2D eigenvalue weighted by Gasteiger charge is 2.16. The lowest BCUT2D eigenvalue weighted by molar-refractivity contribution is 0.569. The van der Waals surface area contributed by atoms with E-state index in [1.165, 1.54) is 5.56 Å². The first-order chi connectivity index (χ1) is 8.90. The standard InChI is InChI=1S/C14H24N2O2S/c1-5-12-7-8-14(9-13(12)10-15-6-2)19(17,18)16-11(3)4/h7-9,11,15-16H,5-6,10H2,1-4H3. The van der Waals surface area contributed by atoms with Gasteiger partial charge in [-0.05, 0) is 50.1 Å². The number of nitrogens with one attached hydrogen (secondary N) is 2. The minimum atomic E-state index is -3.41. The van der Waals surface area contributed by atoms with Gasteiger partial charge in [0.2, 0.25) is 10.0 Å². The predicted molar refractivity (Wildman–Crippen MR) is 78.7 cm³/mol. The Balaban J connectivity index is 3.10. The summed E-state index contributed by atoms with van der Waals surface area (Å²) in [6.07, 6.45) is 0.901. The molecule has 0 aromatic heterocycles. The van der Waals surface area contributed by atoms with Gasteiger partial charge in [0.05, 0.1) is 4.90 Å². The van der Waals surface area contributed by atoms with Crippen molar-refractivity contribution in [2.24, 2.45) is 0 Å². The van der Waals surface area contributed by atoms with Crippen LogP contribution in [0.4, 0.5) is 0 Å². The minimum Gasteiger partial charge on any atom is -0.313 e. The van der Waals surface area contributed by atoms with E-state index in [-0.39, 0.29) is 6.04 Å². The maximum Gasteiger partial charge on any atom is 0.240 e. The number of aryl methyl sites for hydroxylation is 1. The second-order valence-electron chi connectivity index (χ2n) is 4.84. The van der Waals surface area contributed by atoms with Crippen molar-refractivity contribution in [1.29, 1.82) is 0 Å². The summed E-state index contributed by atoms with van der Waals surface area (Å²) < 4.78 is 26.9. The molecule has 1 aromatic rings. The Morgan fingerprint density at radius 2 is 1.84 bits per heavy atom. The SMILES string of the molecule is CCNCc1cc(S(=O)(=O)NC(C)C)ccc1CC. The van der Waals surface area contributed by atoms with Crippen LogP contribution in [-0.4, -0.2) is 21.0 Å². The Morgan fingerprint density at radius 1 is 1.16 bits per heavy atom. The van der Waals surface area contributed by atoms with Crippen LogP contribution in [0.3, 0.4) is 0 Å². The van der Waals surface area contributed by atoms with Gasteiger partial charge in [-0.3, -0.25) is 0 Å². The third-order valence-electron chi connectivity index (χ3n) is 2.83. The fraction of sp³-hybridized carbons (Fsp3) is 0.571. The van der Waals surface area contributed by atoms with Gasteiger partial charge < -0.3 is 5.32 Å². The van der Waals surface area contributed by atoms with Crippen molar-refractivity contribution in [3.05, 3.63) is 29.3 Å². The molecule has 0 saturated heterocycles. The van der Waals surface area contributed by atoms with E-state index in [1.807, 2.05) is 26.8 Å². The maximum absolute atomic E-state index is 12.1. The maximum atomic E-state index is 12.1. The van der Waals surface area contributed by atoms with E-state index < -0.39 is 10.0 Å². The monoisotopic (exact) mass is 284 g/mol. The van der Waals surface area contributed by atoms with Crippen LogP contribution in [-0.2, 0) is 23.0 Å². The summed E-state index contributed by atoms with van der Waals surface area (Å²) in [6.45, 7) is 9.31. The van der Waals surface area contributed by atoms with Crippen LogP contribution in [0.25, 0.3) is 0 Å². The molecule has 19 heavy (non-hydrogen) atoms. The topological polar surface area (TPSA) is 58.2 Å². The molecule has 108 valence electrons. The van der Waals surface area contributed by atoms with Crippen molar-refractivity contribution in [2.75, 3.05) is 6.54 Å². The molecule has 1 aromatic carbocycles. The summed E-state index contributed by atoms with van der Waals surface area (Å²) in [6, 6.07) is 5.25. The molecule has 0 amide bonds. The molecule has 0 saturated carbocycles. The molecular formula is C14H24N2O2S. The van der Waals surface area contributed by atoms with Gasteiger partial charge >= 0.3 is 0 Å². The fourth-order valence-electron chi connectivity index (χ4n) is 1.92. The zero-order valence-corrected chi connectivity index (χ0v) is 13.0. The van der Waals surface area contributed by atoms with Crippen molar-refractivity contribution >= 4 is 10.0 Å². The third-order valence-corrected chi connectivity index (χ3v) is 4.48. The second-order valence-corrected chi connectivity index (χ2v) is 6.55. The third kappa shape index (κ3) is 4.60. The summed E-state index contributed by atoms with van der Waals surface area (Å²) in [5.41, 5.74) is 2.24. The molecule has 5 heteroatoms. The summed E-state index contributed by atoms with van der Waals surface area (Å²) >= 11 is 0. The first kappa shape index (κ1) is 16.1. The van der Waals surface area contributed by atoms with Crippen LogP contribution in [0.15, 0.2) is 23.1 Å². The number of sulfonamides is 1. The zero-order chi connectivity index (χ0) is 14.5. The van der Waals surface area contributed by atoms with E-state index >= 15 is 0 Å². The lowest BCUT2D eigenvalue weighted by Gasteiger charge is -2.13. The van der Waals surface area contributed by atoms with Crippen molar-refractivity contribution in [2.45, 2.75) is 51.6 Å². The molecular weight excluding hydrogens is 260 g/mol. The van der Waals surface area contributed by atoms with Gasteiger partial charge in [-0.1, -0.05) is 19.9 Å². The Labute approximate surface area is 116 Å². The largest absolute Gasteiger partial charge is 0.313 e. The average Bonchev–Trinajstić information content (AvgIpc) is 2.34. The highest BCUT2D eigenvalue weighted by atomic mass is 32.2. The summed E-state index contributed by atoms with van der Waals surface area (Å²) in [4.78, 5) is 0.339. The van der Waals surface area contributed by atoms with Gasteiger partial charge in [0.1, 0.15) is 0 Å². The molecule has 0 fully saturated rings. The second kappa shape index (κ2) is 7.03. The number of hydrogen-bond acceptors (Lipinski definition) is 3. The van der Waals surface area contributed by atoms with Crippen molar-refractivity contribution in [3.8, 4) is 0 Å². The van der Waals surface area contributed by atoms with Crippen molar-refractivity contribution < 1.29 is 8.42 Å². The molecule has 1 rings (SSSR count). The van der Waals surface area contributed by atoms with Crippen LogP contribution < -0.4 is 10.0 Å². The van der Waals surface area contributed by atoms with E-state index in [9.17, 15) is 8.42 Å². The van der Waals surface area contributed by atoms with E-state index in [2.05, 4.69) is 17.0 Å². The number of rotatable bonds is 7. The zero-order valence-electron chi connectivity index (χ0n) is 12.2. The highest BCUT2D eigenvalue weighted by molar-refractivity contribution is 7.89. The van der Waals surface area contributed by atoms with Gasteiger partial charge in [0, 0.05) is 12.6 Å². The lowest BCUT2D eigenvalue weighted by Crippen LogP contribution is -2.30. The first-order valence-corrected chi connectivity index (χ1v) is 8.23. The Hall–Kier alpha value is -0.910. The first-order valence-electron chi connectivity index (χ1n) is 6.75. The van der Waals surface area contributed by atoms with Crippen LogP contribution in [0, 0.1) is 0 Å². The van der Waals surface area contributed by atoms with Gasteiger partial charge in [-0.25, -0.2) is 13.1 Å². The quantitative estimate of drug-likeness (QED) is 0.805. The molecule has 0 aliphatic carbocycles. The minimum absolute atomic E-state index is 0.104. The normalized spacial score (nSPS) is 12.1. The van der Waals surface area contributed by atoms with Crippen LogP contribution >= 0.6 is 0 Å². The number of benzene rings is 1. The molecule has 0 spiro atoms. The van der Waals surface area contributed by atoms with E-state index in [0.29, 0.717) is 11.4 Å². The molecule has 0 heterocycles. The predicted octanol–water partition coefficient (Wildman–Crippen LogP) is 2.05. The van der Waals surface area contributed by atoms with Crippen LogP contribution in [0.2, 0.25) is 0 Å². The molecule has 0 bridgehead atoms. The molecule has 0 radical (unpaired) electrons. The van der Waals surface area contributed by atoms with Gasteiger partial charge in [-0.2, -0.15) is 0 Å². The molecule has 0 aliphatic rings. The van der Waals surface area contributed by atoms with Crippen LogP contribution in [0.5, 0.6) is 0 Å². The highest BCUT2D eigenvalue weighted by Crippen LogP contribution is 2.17. The van der Waals surface area contributed by atoms with Gasteiger partial charge in [0.25, 0.3) is 0 Å².